The van der Waals surface area contributed by atoms with Crippen LogP contribution in [0.25, 0.3) is 10.6 Å². The zero-order valence-electron chi connectivity index (χ0n) is 9.74. The summed E-state index contributed by atoms with van der Waals surface area (Å²) in [5.74, 6) is 1.17. The van der Waals surface area contributed by atoms with Crippen molar-refractivity contribution in [2.45, 2.75) is 27.2 Å². The Hall–Kier alpha value is -1.36. The van der Waals surface area contributed by atoms with E-state index in [1.54, 1.807) is 11.3 Å². The molecule has 0 unspecified atom stereocenters. The van der Waals surface area contributed by atoms with Gasteiger partial charge in [0.1, 0.15) is 5.82 Å². The fraction of sp³-hybridized carbons (Fsp3) is 0.455. The van der Waals surface area contributed by atoms with Crippen LogP contribution < -0.4 is 5.73 Å². The van der Waals surface area contributed by atoms with E-state index in [2.05, 4.69) is 29.0 Å². The van der Waals surface area contributed by atoms with Crippen LogP contribution in [0.3, 0.4) is 0 Å². The maximum atomic E-state index is 5.88. The van der Waals surface area contributed by atoms with Crippen LogP contribution in [0.1, 0.15) is 24.4 Å². The lowest BCUT2D eigenvalue weighted by molar-refractivity contribution is 0.649. The predicted molar refractivity (Wildman–Crippen MR) is 67.4 cm³/mol. The van der Waals surface area contributed by atoms with Crippen LogP contribution >= 0.6 is 11.3 Å². The molecule has 3 N–H and O–H groups in total. The van der Waals surface area contributed by atoms with Gasteiger partial charge in [-0.15, -0.1) is 11.3 Å². The first-order chi connectivity index (χ1) is 7.58. The first kappa shape index (κ1) is 11.1. The minimum absolute atomic E-state index is 0.563. The van der Waals surface area contributed by atoms with Crippen molar-refractivity contribution in [3.63, 3.8) is 0 Å². The van der Waals surface area contributed by atoms with Gasteiger partial charge in [-0.1, -0.05) is 13.8 Å². The van der Waals surface area contributed by atoms with E-state index in [9.17, 15) is 0 Å². The number of thiazole rings is 1. The highest BCUT2D eigenvalue weighted by molar-refractivity contribution is 7.15. The van der Waals surface area contributed by atoms with Gasteiger partial charge in [0.25, 0.3) is 0 Å². The quantitative estimate of drug-likeness (QED) is 0.860. The summed E-state index contributed by atoms with van der Waals surface area (Å²) in [6.07, 6.45) is 2.81. The summed E-state index contributed by atoms with van der Waals surface area (Å²) >= 11 is 1.66. The molecule has 0 bridgehead atoms. The number of anilines is 1. The Bertz CT molecular complexity index is 484. The van der Waals surface area contributed by atoms with E-state index in [1.165, 1.54) is 0 Å². The maximum absolute atomic E-state index is 5.88. The molecule has 0 spiro atoms. The van der Waals surface area contributed by atoms with Crippen molar-refractivity contribution in [1.29, 1.82) is 0 Å². The summed E-state index contributed by atoms with van der Waals surface area (Å²) in [6.45, 7) is 6.35. The van der Waals surface area contributed by atoms with Crippen molar-refractivity contribution >= 4 is 17.2 Å². The van der Waals surface area contributed by atoms with E-state index in [0.717, 1.165) is 27.6 Å². The summed E-state index contributed by atoms with van der Waals surface area (Å²) in [4.78, 5) is 5.36. The Kier molecular flexibility index (Phi) is 2.96. The average molecular weight is 236 g/mol. The van der Waals surface area contributed by atoms with Crippen molar-refractivity contribution in [2.24, 2.45) is 5.92 Å². The van der Waals surface area contributed by atoms with E-state index in [1.807, 2.05) is 13.1 Å². The summed E-state index contributed by atoms with van der Waals surface area (Å²) in [6, 6.07) is 0. The topological polar surface area (TPSA) is 67.6 Å². The number of H-pyrrole nitrogens is 1. The molecule has 0 aliphatic carbocycles. The van der Waals surface area contributed by atoms with Crippen LogP contribution in [0.2, 0.25) is 0 Å². The van der Waals surface area contributed by atoms with Gasteiger partial charge in [0.2, 0.25) is 0 Å². The first-order valence-electron chi connectivity index (χ1n) is 5.33. The van der Waals surface area contributed by atoms with Gasteiger partial charge in [0.05, 0.1) is 15.6 Å². The van der Waals surface area contributed by atoms with Crippen molar-refractivity contribution in [3.8, 4) is 10.6 Å². The summed E-state index contributed by atoms with van der Waals surface area (Å²) in [5, 5.41) is 8.15. The lowest BCUT2D eigenvalue weighted by atomic mass is 10.0. The Morgan fingerprint density at radius 3 is 2.81 bits per heavy atom. The molecule has 86 valence electrons. The molecule has 5 heteroatoms. The van der Waals surface area contributed by atoms with Crippen LogP contribution in [0.15, 0.2) is 6.20 Å². The molecule has 0 saturated carbocycles. The third-order valence-corrected chi connectivity index (χ3v) is 3.31. The molecule has 0 amide bonds. The van der Waals surface area contributed by atoms with Gasteiger partial charge in [-0.05, 0) is 19.3 Å². The van der Waals surface area contributed by atoms with Gasteiger partial charge >= 0.3 is 0 Å². The van der Waals surface area contributed by atoms with Crippen LogP contribution in [0.5, 0.6) is 0 Å². The first-order valence-corrected chi connectivity index (χ1v) is 6.15. The Labute approximate surface area is 98.9 Å². The number of aromatic nitrogens is 3. The number of nitrogens with one attached hydrogen (secondary N) is 1. The number of hydrogen-bond acceptors (Lipinski definition) is 4. The van der Waals surface area contributed by atoms with Crippen molar-refractivity contribution in [2.75, 3.05) is 5.73 Å². The molecule has 2 aromatic heterocycles. The molecule has 0 atom stereocenters. The molecular weight excluding hydrogens is 220 g/mol. The van der Waals surface area contributed by atoms with Crippen LogP contribution in [0.4, 0.5) is 5.82 Å². The SMILES string of the molecule is Cc1ncc(-c2[nH]nc(N)c2CC(C)C)s1. The molecule has 0 aromatic carbocycles. The highest BCUT2D eigenvalue weighted by Crippen LogP contribution is 2.31. The molecule has 2 heterocycles. The monoisotopic (exact) mass is 236 g/mol. The molecule has 2 rings (SSSR count). The van der Waals surface area contributed by atoms with Gasteiger partial charge < -0.3 is 5.73 Å². The van der Waals surface area contributed by atoms with Gasteiger partial charge in [-0.2, -0.15) is 5.10 Å². The predicted octanol–water partition coefficient (Wildman–Crippen LogP) is 2.62. The Morgan fingerprint density at radius 2 is 2.25 bits per heavy atom. The largest absolute Gasteiger partial charge is 0.382 e. The van der Waals surface area contributed by atoms with Gasteiger partial charge in [0.15, 0.2) is 0 Å². The number of rotatable bonds is 3. The Morgan fingerprint density at radius 1 is 1.50 bits per heavy atom. The average Bonchev–Trinajstić information content (AvgIpc) is 2.75. The molecule has 2 aromatic rings. The highest BCUT2D eigenvalue weighted by atomic mass is 32.1. The van der Waals surface area contributed by atoms with E-state index in [-0.39, 0.29) is 0 Å². The second-order valence-electron chi connectivity index (χ2n) is 4.30. The third kappa shape index (κ3) is 2.09. The second kappa shape index (κ2) is 4.25. The minimum atomic E-state index is 0.563. The molecular formula is C11H16N4S. The summed E-state index contributed by atoms with van der Waals surface area (Å²) in [7, 11) is 0. The lowest BCUT2D eigenvalue weighted by Gasteiger charge is -2.05. The van der Waals surface area contributed by atoms with Gasteiger partial charge in [0, 0.05) is 11.8 Å². The van der Waals surface area contributed by atoms with Crippen LogP contribution in [-0.2, 0) is 6.42 Å². The van der Waals surface area contributed by atoms with E-state index in [4.69, 9.17) is 5.73 Å². The number of hydrogen-bond donors (Lipinski definition) is 2. The van der Waals surface area contributed by atoms with Crippen LogP contribution in [-0.4, -0.2) is 15.2 Å². The van der Waals surface area contributed by atoms with Crippen molar-refractivity contribution in [1.82, 2.24) is 15.2 Å². The van der Waals surface area contributed by atoms with Crippen LogP contribution in [0, 0.1) is 12.8 Å². The molecule has 0 fully saturated rings. The smallest absolute Gasteiger partial charge is 0.149 e. The van der Waals surface area contributed by atoms with E-state index in [0.29, 0.717) is 11.7 Å². The molecule has 0 radical (unpaired) electrons. The molecule has 16 heavy (non-hydrogen) atoms. The number of nitrogens with two attached hydrogens (primary N) is 1. The van der Waals surface area contributed by atoms with E-state index >= 15 is 0 Å². The zero-order chi connectivity index (χ0) is 11.7. The zero-order valence-corrected chi connectivity index (χ0v) is 10.6. The molecule has 0 aliphatic heterocycles. The summed E-state index contributed by atoms with van der Waals surface area (Å²) in [5.41, 5.74) is 8.01. The standard InChI is InChI=1S/C11H16N4S/c1-6(2)4-8-10(14-15-11(8)12)9-5-13-7(3)16-9/h5-6H,4H2,1-3H3,(H3,12,14,15). The van der Waals surface area contributed by atoms with Crippen molar-refractivity contribution < 1.29 is 0 Å². The number of nitrogens with zero attached hydrogens (tertiary/aromatic N) is 2. The molecule has 4 nitrogen and oxygen atoms in total. The lowest BCUT2D eigenvalue weighted by Crippen LogP contribution is -1.98. The Balaban J connectivity index is 2.41. The number of aryl methyl sites for hydroxylation is 1. The number of nitrogen functional groups attached to an aromatic ring is 1. The number of aromatic amines is 1. The maximum Gasteiger partial charge on any atom is 0.149 e. The molecule has 0 aliphatic rings. The third-order valence-electron chi connectivity index (χ3n) is 2.38. The van der Waals surface area contributed by atoms with E-state index < -0.39 is 0 Å². The second-order valence-corrected chi connectivity index (χ2v) is 5.54. The fourth-order valence-electron chi connectivity index (χ4n) is 1.67. The normalized spacial score (nSPS) is 11.2. The fourth-order valence-corrected chi connectivity index (χ4v) is 2.47. The van der Waals surface area contributed by atoms with Gasteiger partial charge in [-0.3, -0.25) is 5.10 Å². The highest BCUT2D eigenvalue weighted by Gasteiger charge is 2.15. The van der Waals surface area contributed by atoms with Crippen molar-refractivity contribution in [3.05, 3.63) is 16.8 Å². The van der Waals surface area contributed by atoms with Gasteiger partial charge in [-0.25, -0.2) is 4.98 Å². The minimum Gasteiger partial charge on any atom is -0.382 e. The molecule has 0 saturated heterocycles. The summed E-state index contributed by atoms with van der Waals surface area (Å²) < 4.78 is 0.